The lowest BCUT2D eigenvalue weighted by Crippen LogP contribution is -2.35. The van der Waals surface area contributed by atoms with Crippen LogP contribution in [0.25, 0.3) is 11.1 Å². The Bertz CT molecular complexity index is 579. The summed E-state index contributed by atoms with van der Waals surface area (Å²) in [5, 5.41) is 0. The van der Waals surface area contributed by atoms with Gasteiger partial charge in [0.25, 0.3) is 5.91 Å². The number of carbonyl (C=O) groups is 1. The van der Waals surface area contributed by atoms with E-state index in [0.29, 0.717) is 0 Å². The van der Waals surface area contributed by atoms with Crippen molar-refractivity contribution in [1.82, 2.24) is 4.90 Å². The monoisotopic (exact) mass is 269 g/mol. The van der Waals surface area contributed by atoms with Crippen LogP contribution < -0.4 is 4.74 Å². The number of para-hydroxylation sites is 1. The Morgan fingerprint density at radius 2 is 1.60 bits per heavy atom. The number of hydrogen-bond donors (Lipinski definition) is 0. The fraction of sp³-hybridized carbons (Fsp3) is 0.235. The number of rotatable bonds is 4. The van der Waals surface area contributed by atoms with Gasteiger partial charge in [-0.05, 0) is 18.6 Å². The van der Waals surface area contributed by atoms with E-state index in [1.807, 2.05) is 54.6 Å². The fourth-order valence-corrected chi connectivity index (χ4v) is 2.03. The maximum atomic E-state index is 11.9. The average molecular weight is 269 g/mol. The number of benzene rings is 2. The molecule has 0 N–H and O–H groups in total. The van der Waals surface area contributed by atoms with E-state index in [9.17, 15) is 4.79 Å². The van der Waals surface area contributed by atoms with E-state index >= 15 is 0 Å². The molecule has 2 rings (SSSR count). The zero-order chi connectivity index (χ0) is 14.5. The molecule has 1 amide bonds. The van der Waals surface area contributed by atoms with Gasteiger partial charge >= 0.3 is 0 Å². The Morgan fingerprint density at radius 3 is 2.25 bits per heavy atom. The lowest BCUT2D eigenvalue weighted by Gasteiger charge is -2.20. The van der Waals surface area contributed by atoms with Crippen molar-refractivity contribution in [2.24, 2.45) is 0 Å². The summed E-state index contributed by atoms with van der Waals surface area (Å²) < 4.78 is 5.83. The van der Waals surface area contributed by atoms with Crippen molar-refractivity contribution in [2.45, 2.75) is 13.0 Å². The minimum absolute atomic E-state index is 0.0483. The van der Waals surface area contributed by atoms with Crippen LogP contribution in [0.4, 0.5) is 0 Å². The molecule has 0 aliphatic carbocycles. The second kappa shape index (κ2) is 6.24. The summed E-state index contributed by atoms with van der Waals surface area (Å²) in [4.78, 5) is 13.4. The second-order valence-corrected chi connectivity index (χ2v) is 4.85. The Balaban J connectivity index is 2.28. The highest BCUT2D eigenvalue weighted by molar-refractivity contribution is 5.81. The van der Waals surface area contributed by atoms with Gasteiger partial charge in [0.15, 0.2) is 6.10 Å². The zero-order valence-electron chi connectivity index (χ0n) is 12.0. The van der Waals surface area contributed by atoms with E-state index < -0.39 is 6.10 Å². The average Bonchev–Trinajstić information content (AvgIpc) is 2.47. The maximum Gasteiger partial charge on any atom is 0.262 e. The second-order valence-electron chi connectivity index (χ2n) is 4.85. The highest BCUT2D eigenvalue weighted by Crippen LogP contribution is 2.30. The number of amides is 1. The van der Waals surface area contributed by atoms with Gasteiger partial charge in [0.05, 0.1) is 0 Å². The van der Waals surface area contributed by atoms with E-state index in [-0.39, 0.29) is 5.91 Å². The van der Waals surface area contributed by atoms with Crippen molar-refractivity contribution in [3.8, 4) is 16.9 Å². The first-order valence-electron chi connectivity index (χ1n) is 6.62. The number of likely N-dealkylation sites (N-methyl/N-ethyl adjacent to an activating group) is 1. The molecule has 0 heterocycles. The first-order valence-corrected chi connectivity index (χ1v) is 6.62. The van der Waals surface area contributed by atoms with Gasteiger partial charge in [-0.15, -0.1) is 0 Å². The van der Waals surface area contributed by atoms with Gasteiger partial charge in [-0.1, -0.05) is 48.5 Å². The standard InChI is InChI=1S/C17H19NO2/c1-13(17(19)18(2)3)20-16-12-8-7-11-15(16)14-9-5-4-6-10-14/h4-13H,1-3H3. The minimum Gasteiger partial charge on any atom is -0.480 e. The molecule has 0 saturated heterocycles. The molecule has 20 heavy (non-hydrogen) atoms. The summed E-state index contributed by atoms with van der Waals surface area (Å²) in [6, 6.07) is 17.8. The zero-order valence-corrected chi connectivity index (χ0v) is 12.0. The van der Waals surface area contributed by atoms with Crippen LogP contribution in [-0.2, 0) is 4.79 Å². The molecule has 0 aliphatic rings. The maximum absolute atomic E-state index is 11.9. The molecule has 0 fully saturated rings. The number of ether oxygens (including phenoxy) is 1. The van der Waals surface area contributed by atoms with Gasteiger partial charge < -0.3 is 9.64 Å². The van der Waals surface area contributed by atoms with E-state index in [1.54, 1.807) is 21.0 Å². The van der Waals surface area contributed by atoms with Crippen molar-refractivity contribution in [1.29, 1.82) is 0 Å². The van der Waals surface area contributed by atoms with Crippen molar-refractivity contribution in [3.05, 3.63) is 54.6 Å². The molecule has 3 heteroatoms. The topological polar surface area (TPSA) is 29.5 Å². The smallest absolute Gasteiger partial charge is 0.262 e. The third-order valence-corrected chi connectivity index (χ3v) is 3.06. The Kier molecular flexibility index (Phi) is 4.41. The number of carbonyl (C=O) groups excluding carboxylic acids is 1. The van der Waals surface area contributed by atoms with Crippen LogP contribution >= 0.6 is 0 Å². The molecule has 0 aromatic heterocycles. The number of hydrogen-bond acceptors (Lipinski definition) is 2. The van der Waals surface area contributed by atoms with Crippen molar-refractivity contribution in [2.75, 3.05) is 14.1 Å². The lowest BCUT2D eigenvalue weighted by atomic mass is 10.0. The molecule has 0 aliphatic heterocycles. The van der Waals surface area contributed by atoms with Gasteiger partial charge in [-0.2, -0.15) is 0 Å². The predicted molar refractivity (Wildman–Crippen MR) is 80.7 cm³/mol. The fourth-order valence-electron chi connectivity index (χ4n) is 2.03. The predicted octanol–water partition coefficient (Wildman–Crippen LogP) is 3.21. The molecular formula is C17H19NO2. The molecule has 2 aromatic carbocycles. The van der Waals surface area contributed by atoms with E-state index in [0.717, 1.165) is 16.9 Å². The minimum atomic E-state index is -0.505. The van der Waals surface area contributed by atoms with Gasteiger partial charge in [0, 0.05) is 19.7 Å². The van der Waals surface area contributed by atoms with E-state index in [4.69, 9.17) is 4.74 Å². The molecule has 1 atom stereocenters. The third-order valence-electron chi connectivity index (χ3n) is 3.06. The van der Waals surface area contributed by atoms with Crippen LogP contribution in [0.3, 0.4) is 0 Å². The van der Waals surface area contributed by atoms with Crippen LogP contribution in [0.5, 0.6) is 5.75 Å². The molecule has 0 spiro atoms. The third kappa shape index (κ3) is 3.18. The summed E-state index contributed by atoms with van der Waals surface area (Å²) in [6.07, 6.45) is -0.505. The Hall–Kier alpha value is -2.29. The molecular weight excluding hydrogens is 250 g/mol. The largest absolute Gasteiger partial charge is 0.480 e. The summed E-state index contributed by atoms with van der Waals surface area (Å²) in [5.74, 6) is 0.675. The Morgan fingerprint density at radius 1 is 1.00 bits per heavy atom. The highest BCUT2D eigenvalue weighted by Gasteiger charge is 2.18. The summed E-state index contributed by atoms with van der Waals surface area (Å²) in [7, 11) is 3.45. The normalized spacial score (nSPS) is 11.8. The van der Waals surface area contributed by atoms with E-state index in [2.05, 4.69) is 0 Å². The first kappa shape index (κ1) is 14.1. The van der Waals surface area contributed by atoms with Crippen molar-refractivity contribution >= 4 is 5.91 Å². The summed E-state index contributed by atoms with van der Waals surface area (Å²) in [5.41, 5.74) is 2.07. The van der Waals surface area contributed by atoms with Crippen LogP contribution in [-0.4, -0.2) is 31.0 Å². The van der Waals surface area contributed by atoms with E-state index in [1.165, 1.54) is 4.90 Å². The molecule has 0 radical (unpaired) electrons. The summed E-state index contributed by atoms with van der Waals surface area (Å²) >= 11 is 0. The van der Waals surface area contributed by atoms with Gasteiger partial charge in [-0.3, -0.25) is 4.79 Å². The van der Waals surface area contributed by atoms with Gasteiger partial charge in [-0.25, -0.2) is 0 Å². The van der Waals surface area contributed by atoms with Crippen LogP contribution in [0.15, 0.2) is 54.6 Å². The van der Waals surface area contributed by atoms with Crippen LogP contribution in [0.1, 0.15) is 6.92 Å². The highest BCUT2D eigenvalue weighted by atomic mass is 16.5. The SMILES string of the molecule is CC(Oc1ccccc1-c1ccccc1)C(=O)N(C)C. The van der Waals surface area contributed by atoms with Crippen LogP contribution in [0, 0.1) is 0 Å². The first-order chi connectivity index (χ1) is 9.59. The van der Waals surface area contributed by atoms with Crippen molar-refractivity contribution < 1.29 is 9.53 Å². The number of nitrogens with zero attached hydrogens (tertiary/aromatic N) is 1. The Labute approximate surface area is 119 Å². The molecule has 0 bridgehead atoms. The van der Waals surface area contributed by atoms with Crippen molar-refractivity contribution in [3.63, 3.8) is 0 Å². The molecule has 3 nitrogen and oxygen atoms in total. The van der Waals surface area contributed by atoms with Crippen LogP contribution in [0.2, 0.25) is 0 Å². The summed E-state index contributed by atoms with van der Waals surface area (Å²) in [6.45, 7) is 1.77. The molecule has 104 valence electrons. The molecule has 2 aromatic rings. The molecule has 0 saturated carbocycles. The molecule has 1 unspecified atom stereocenters. The lowest BCUT2D eigenvalue weighted by molar-refractivity contribution is -0.135. The van der Waals surface area contributed by atoms with Gasteiger partial charge in [0.1, 0.15) is 5.75 Å². The quantitative estimate of drug-likeness (QED) is 0.853. The van der Waals surface area contributed by atoms with Gasteiger partial charge in [0.2, 0.25) is 0 Å².